The van der Waals surface area contributed by atoms with Crippen molar-refractivity contribution in [2.24, 2.45) is 5.16 Å². The fourth-order valence-electron chi connectivity index (χ4n) is 2.84. The first-order chi connectivity index (χ1) is 11.9. The van der Waals surface area contributed by atoms with Gasteiger partial charge in [0, 0.05) is 17.3 Å². The number of hydrogen-bond donors (Lipinski definition) is 1. The number of ether oxygens (including phenoxy) is 3. The van der Waals surface area contributed by atoms with Crippen LogP contribution in [0.5, 0.6) is 0 Å². The average Bonchev–Trinajstić information content (AvgIpc) is 3.06. The summed E-state index contributed by atoms with van der Waals surface area (Å²) in [5.74, 6) is -2.53. The van der Waals surface area contributed by atoms with Crippen LogP contribution in [0.15, 0.2) is 16.0 Å². The Labute approximate surface area is 141 Å². The molecule has 1 atom stereocenters. The van der Waals surface area contributed by atoms with Gasteiger partial charge in [-0.3, -0.25) is 9.36 Å². The quantitative estimate of drug-likeness (QED) is 0.255. The maximum absolute atomic E-state index is 12.5. The summed E-state index contributed by atoms with van der Waals surface area (Å²) in [5, 5.41) is 12.0. The van der Waals surface area contributed by atoms with Crippen LogP contribution in [-0.2, 0) is 30.2 Å². The Balaban J connectivity index is 2.79. The summed E-state index contributed by atoms with van der Waals surface area (Å²) in [5.41, 5.74) is -1.47. The van der Waals surface area contributed by atoms with E-state index >= 15 is 0 Å². The molecule has 25 heavy (non-hydrogen) atoms. The van der Waals surface area contributed by atoms with E-state index in [2.05, 4.69) is 14.6 Å². The number of methoxy groups -OCH3 is 3. The maximum Gasteiger partial charge on any atom is 0.360 e. The lowest BCUT2D eigenvalue weighted by atomic mass is 10.0. The van der Waals surface area contributed by atoms with Crippen LogP contribution >= 0.6 is 0 Å². The number of pyridine rings is 1. The third kappa shape index (κ3) is 2.97. The van der Waals surface area contributed by atoms with Crippen LogP contribution in [-0.4, -0.2) is 54.7 Å². The number of hydrogen-bond acceptors (Lipinski definition) is 9. The second-order valence-electron chi connectivity index (χ2n) is 5.10. The number of oxime groups is 1. The molecule has 0 aliphatic carbocycles. The molecule has 1 N–H and O–H groups in total. The standard InChI is InChI=1S/C15H16N2O8/c1-23-13(19)9-5-4-8-11(14(20)24-2)7(6-10(18)17(8)9)12(16-22)15(21)25-3/h6,9,22H,4-5H2,1-3H3/b16-12-. The van der Waals surface area contributed by atoms with E-state index in [0.29, 0.717) is 0 Å². The number of rotatable bonds is 4. The number of aromatic nitrogens is 1. The number of nitrogens with zero attached hydrogens (tertiary/aromatic N) is 2. The highest BCUT2D eigenvalue weighted by Crippen LogP contribution is 2.29. The lowest BCUT2D eigenvalue weighted by Crippen LogP contribution is -2.32. The third-order valence-corrected chi connectivity index (χ3v) is 3.92. The van der Waals surface area contributed by atoms with E-state index in [1.165, 1.54) is 7.11 Å². The van der Waals surface area contributed by atoms with E-state index in [9.17, 15) is 19.2 Å². The molecule has 0 saturated carbocycles. The predicted molar refractivity (Wildman–Crippen MR) is 81.8 cm³/mol. The van der Waals surface area contributed by atoms with Gasteiger partial charge in [0.05, 0.1) is 26.9 Å². The Morgan fingerprint density at radius 3 is 2.40 bits per heavy atom. The second-order valence-corrected chi connectivity index (χ2v) is 5.10. The first kappa shape index (κ1) is 18.2. The van der Waals surface area contributed by atoms with Gasteiger partial charge < -0.3 is 19.4 Å². The molecule has 0 radical (unpaired) electrons. The van der Waals surface area contributed by atoms with Crippen molar-refractivity contribution < 1.29 is 33.8 Å². The molecule has 2 rings (SSSR count). The molecule has 1 aromatic heterocycles. The molecule has 0 fully saturated rings. The minimum atomic E-state index is -1.04. The zero-order chi connectivity index (χ0) is 18.7. The molecular weight excluding hydrogens is 336 g/mol. The van der Waals surface area contributed by atoms with Gasteiger partial charge in [-0.25, -0.2) is 14.4 Å². The number of carbonyl (C=O) groups is 3. The topological polar surface area (TPSA) is 133 Å². The van der Waals surface area contributed by atoms with Crippen molar-refractivity contribution in [1.82, 2.24) is 4.57 Å². The van der Waals surface area contributed by atoms with E-state index in [4.69, 9.17) is 9.94 Å². The Morgan fingerprint density at radius 2 is 1.88 bits per heavy atom. The average molecular weight is 352 g/mol. The van der Waals surface area contributed by atoms with E-state index in [0.717, 1.165) is 24.9 Å². The fourth-order valence-corrected chi connectivity index (χ4v) is 2.84. The van der Waals surface area contributed by atoms with E-state index in [1.54, 1.807) is 0 Å². The fraction of sp³-hybridized carbons (Fsp3) is 0.400. The Kier molecular flexibility index (Phi) is 5.20. The van der Waals surface area contributed by atoms with Gasteiger partial charge in [0.2, 0.25) is 0 Å². The van der Waals surface area contributed by atoms with Crippen molar-refractivity contribution >= 4 is 23.6 Å². The molecule has 2 heterocycles. The van der Waals surface area contributed by atoms with E-state index in [1.807, 2.05) is 0 Å². The lowest BCUT2D eigenvalue weighted by Gasteiger charge is -2.16. The van der Waals surface area contributed by atoms with Gasteiger partial charge in [-0.15, -0.1) is 0 Å². The van der Waals surface area contributed by atoms with Crippen LogP contribution in [0, 0.1) is 0 Å². The molecule has 1 aromatic rings. The number of esters is 3. The molecule has 134 valence electrons. The molecule has 1 unspecified atom stereocenters. The summed E-state index contributed by atoms with van der Waals surface area (Å²) in [4.78, 5) is 48.4. The Bertz CT molecular complexity index is 824. The van der Waals surface area contributed by atoms with Gasteiger partial charge in [-0.05, 0) is 12.8 Å². The van der Waals surface area contributed by atoms with Crippen molar-refractivity contribution in [1.29, 1.82) is 0 Å². The molecule has 10 nitrogen and oxygen atoms in total. The van der Waals surface area contributed by atoms with E-state index in [-0.39, 0.29) is 29.7 Å². The summed E-state index contributed by atoms with van der Waals surface area (Å²) in [6.07, 6.45) is 0.423. The summed E-state index contributed by atoms with van der Waals surface area (Å²) in [6, 6.07) is 0.0285. The first-order valence-corrected chi connectivity index (χ1v) is 7.16. The van der Waals surface area contributed by atoms with E-state index < -0.39 is 35.2 Å². The highest BCUT2D eigenvalue weighted by atomic mass is 16.5. The highest BCUT2D eigenvalue weighted by Gasteiger charge is 2.36. The smallest absolute Gasteiger partial charge is 0.360 e. The molecule has 0 saturated heterocycles. The summed E-state index contributed by atoms with van der Waals surface area (Å²) in [7, 11) is 3.36. The summed E-state index contributed by atoms with van der Waals surface area (Å²) >= 11 is 0. The van der Waals surface area contributed by atoms with Crippen molar-refractivity contribution in [3.63, 3.8) is 0 Å². The molecule has 0 spiro atoms. The van der Waals surface area contributed by atoms with Crippen molar-refractivity contribution in [3.05, 3.63) is 33.2 Å². The number of carbonyl (C=O) groups excluding carboxylic acids is 3. The van der Waals surface area contributed by atoms with Crippen LogP contribution in [0.2, 0.25) is 0 Å². The SMILES string of the molecule is COC(=O)/C(=N\O)c1cc(=O)n2c(c1C(=O)OC)CCC2C(=O)OC. The van der Waals surface area contributed by atoms with Gasteiger partial charge in [0.25, 0.3) is 5.56 Å². The zero-order valence-corrected chi connectivity index (χ0v) is 13.8. The van der Waals surface area contributed by atoms with Crippen LogP contribution in [0.3, 0.4) is 0 Å². The van der Waals surface area contributed by atoms with Gasteiger partial charge in [0.15, 0.2) is 5.71 Å². The molecular formula is C15H16N2O8. The Morgan fingerprint density at radius 1 is 1.20 bits per heavy atom. The predicted octanol–water partition coefficient (Wildman–Crippen LogP) is -0.353. The minimum Gasteiger partial charge on any atom is -0.467 e. The van der Waals surface area contributed by atoms with Crippen molar-refractivity contribution in [2.75, 3.05) is 21.3 Å². The second kappa shape index (κ2) is 7.16. The van der Waals surface area contributed by atoms with Crippen LogP contribution in [0.1, 0.15) is 34.1 Å². The normalized spacial score (nSPS) is 16.1. The molecule has 1 aliphatic heterocycles. The third-order valence-electron chi connectivity index (χ3n) is 3.92. The van der Waals surface area contributed by atoms with Gasteiger partial charge in [0.1, 0.15) is 6.04 Å². The van der Waals surface area contributed by atoms with Crippen LogP contribution in [0.4, 0.5) is 0 Å². The first-order valence-electron chi connectivity index (χ1n) is 7.16. The van der Waals surface area contributed by atoms with Crippen LogP contribution < -0.4 is 5.56 Å². The minimum absolute atomic E-state index is 0.147. The molecule has 0 aromatic carbocycles. The van der Waals surface area contributed by atoms with Gasteiger partial charge in [-0.2, -0.15) is 0 Å². The monoisotopic (exact) mass is 352 g/mol. The van der Waals surface area contributed by atoms with Crippen molar-refractivity contribution in [2.45, 2.75) is 18.9 Å². The maximum atomic E-state index is 12.5. The van der Waals surface area contributed by atoms with Crippen molar-refractivity contribution in [3.8, 4) is 0 Å². The largest absolute Gasteiger partial charge is 0.467 e. The lowest BCUT2D eigenvalue weighted by molar-refractivity contribution is -0.144. The summed E-state index contributed by atoms with van der Waals surface area (Å²) in [6.45, 7) is 0. The molecule has 0 amide bonds. The molecule has 1 aliphatic rings. The summed E-state index contributed by atoms with van der Waals surface area (Å²) < 4.78 is 15.0. The molecule has 0 bridgehead atoms. The van der Waals surface area contributed by atoms with Crippen LogP contribution in [0.25, 0.3) is 0 Å². The van der Waals surface area contributed by atoms with Gasteiger partial charge >= 0.3 is 17.9 Å². The number of fused-ring (bicyclic) bond motifs is 1. The highest BCUT2D eigenvalue weighted by molar-refractivity contribution is 6.44. The zero-order valence-electron chi connectivity index (χ0n) is 13.8. The molecule has 10 heteroatoms. The van der Waals surface area contributed by atoms with Gasteiger partial charge in [-0.1, -0.05) is 5.16 Å². The Hall–Kier alpha value is -3.17.